The van der Waals surface area contributed by atoms with Crippen LogP contribution < -0.4 is 15.4 Å². The number of benzene rings is 1. The highest BCUT2D eigenvalue weighted by atomic mass is 127. The van der Waals surface area contributed by atoms with Gasteiger partial charge in [0.2, 0.25) is 5.88 Å². The van der Waals surface area contributed by atoms with Crippen LogP contribution in [0.2, 0.25) is 0 Å². The summed E-state index contributed by atoms with van der Waals surface area (Å²) in [6.07, 6.45) is -2.08. The lowest BCUT2D eigenvalue weighted by Gasteiger charge is -2.13. The van der Waals surface area contributed by atoms with Crippen molar-refractivity contribution < 1.29 is 17.9 Å². The van der Waals surface area contributed by atoms with Crippen molar-refractivity contribution in [2.45, 2.75) is 19.1 Å². The Hall–Kier alpha value is -2.04. The van der Waals surface area contributed by atoms with Gasteiger partial charge in [-0.25, -0.2) is 4.98 Å². The minimum Gasteiger partial charge on any atom is -0.481 e. The van der Waals surface area contributed by atoms with E-state index in [0.29, 0.717) is 31.3 Å². The van der Waals surface area contributed by atoms with Gasteiger partial charge in [-0.15, -0.1) is 24.0 Å². The number of alkyl halides is 3. The van der Waals surface area contributed by atoms with E-state index >= 15 is 0 Å². The topological polar surface area (TPSA) is 58.5 Å². The summed E-state index contributed by atoms with van der Waals surface area (Å²) < 4.78 is 42.8. The van der Waals surface area contributed by atoms with Gasteiger partial charge in [0, 0.05) is 31.9 Å². The lowest BCUT2D eigenvalue weighted by molar-refractivity contribution is -0.137. The molecule has 0 unspecified atom stereocenters. The average Bonchev–Trinajstić information content (AvgIpc) is 2.64. The first-order valence-electron chi connectivity index (χ1n) is 8.02. The Morgan fingerprint density at radius 3 is 2.44 bits per heavy atom. The van der Waals surface area contributed by atoms with Gasteiger partial charge in [0.25, 0.3) is 0 Å². The molecule has 2 rings (SSSR count). The number of nitrogens with zero attached hydrogens (tertiary/aromatic N) is 2. The highest BCUT2D eigenvalue weighted by molar-refractivity contribution is 14.0. The van der Waals surface area contributed by atoms with Crippen LogP contribution in [0.3, 0.4) is 0 Å². The number of pyridine rings is 1. The normalized spacial score (nSPS) is 11.5. The maximum atomic E-state index is 12.6. The minimum atomic E-state index is -4.31. The van der Waals surface area contributed by atoms with Crippen molar-refractivity contribution in [2.24, 2.45) is 4.99 Å². The summed E-state index contributed by atoms with van der Waals surface area (Å²) in [5.74, 6) is 1.13. The Bertz CT molecular complexity index is 736. The van der Waals surface area contributed by atoms with Crippen LogP contribution >= 0.6 is 24.0 Å². The first-order valence-corrected chi connectivity index (χ1v) is 8.02. The van der Waals surface area contributed by atoms with Crippen LogP contribution in [0, 0.1) is 0 Å². The largest absolute Gasteiger partial charge is 0.481 e. The summed E-state index contributed by atoms with van der Waals surface area (Å²) >= 11 is 0. The third-order valence-corrected chi connectivity index (χ3v) is 3.70. The molecule has 2 aromatic rings. The van der Waals surface area contributed by atoms with Gasteiger partial charge < -0.3 is 15.4 Å². The smallest absolute Gasteiger partial charge is 0.416 e. The molecule has 5 nitrogen and oxygen atoms in total. The Morgan fingerprint density at radius 2 is 1.85 bits per heavy atom. The second-order valence-electron chi connectivity index (χ2n) is 5.47. The number of halogens is 4. The molecule has 0 saturated heterocycles. The monoisotopic (exact) mass is 494 g/mol. The van der Waals surface area contributed by atoms with Gasteiger partial charge in [0.15, 0.2) is 5.96 Å². The van der Waals surface area contributed by atoms with E-state index in [-0.39, 0.29) is 24.0 Å². The fraction of sp³-hybridized carbons (Fsp3) is 0.333. The van der Waals surface area contributed by atoms with Crippen LogP contribution in [-0.4, -0.2) is 31.6 Å². The molecule has 0 fully saturated rings. The fourth-order valence-corrected chi connectivity index (χ4v) is 2.33. The van der Waals surface area contributed by atoms with Gasteiger partial charge in [0.1, 0.15) is 0 Å². The van der Waals surface area contributed by atoms with E-state index in [4.69, 9.17) is 4.74 Å². The Labute approximate surface area is 173 Å². The van der Waals surface area contributed by atoms with Crippen LogP contribution in [0.5, 0.6) is 5.88 Å². The molecule has 1 aromatic heterocycles. The van der Waals surface area contributed by atoms with Crippen LogP contribution in [-0.2, 0) is 19.1 Å². The lowest BCUT2D eigenvalue weighted by Crippen LogP contribution is -2.37. The van der Waals surface area contributed by atoms with Crippen molar-refractivity contribution >= 4 is 29.9 Å². The van der Waals surface area contributed by atoms with E-state index in [0.717, 1.165) is 23.3 Å². The van der Waals surface area contributed by atoms with Gasteiger partial charge >= 0.3 is 6.18 Å². The number of methoxy groups -OCH3 is 1. The zero-order valence-corrected chi connectivity index (χ0v) is 17.3. The second-order valence-corrected chi connectivity index (χ2v) is 5.47. The lowest BCUT2D eigenvalue weighted by atomic mass is 10.1. The molecular weight excluding hydrogens is 472 g/mol. The summed E-state index contributed by atoms with van der Waals surface area (Å²) in [4.78, 5) is 8.25. The van der Waals surface area contributed by atoms with Crippen LogP contribution in [0.15, 0.2) is 47.6 Å². The number of ether oxygens (including phenoxy) is 1. The van der Waals surface area contributed by atoms with Crippen molar-refractivity contribution in [3.8, 4) is 5.88 Å². The molecule has 0 saturated carbocycles. The van der Waals surface area contributed by atoms with E-state index in [1.165, 1.54) is 12.1 Å². The SMILES string of the molecule is CN=C(NCCc1ccc(C(F)(F)F)cc1)NCc1cccnc1OC.I. The molecule has 0 spiro atoms. The van der Waals surface area contributed by atoms with Gasteiger partial charge in [-0.3, -0.25) is 4.99 Å². The molecule has 148 valence electrons. The highest BCUT2D eigenvalue weighted by Gasteiger charge is 2.29. The molecule has 0 amide bonds. The Morgan fingerprint density at radius 1 is 1.15 bits per heavy atom. The summed E-state index contributed by atoms with van der Waals surface area (Å²) in [7, 11) is 3.21. The number of aliphatic imine (C=N–C) groups is 1. The van der Waals surface area contributed by atoms with Gasteiger partial charge in [0.05, 0.1) is 12.7 Å². The molecule has 1 aromatic carbocycles. The Balaban J connectivity index is 0.00000364. The predicted molar refractivity (Wildman–Crippen MR) is 110 cm³/mol. The molecule has 2 N–H and O–H groups in total. The van der Waals surface area contributed by atoms with Crippen molar-refractivity contribution in [1.82, 2.24) is 15.6 Å². The maximum absolute atomic E-state index is 12.6. The third-order valence-electron chi connectivity index (χ3n) is 3.70. The first kappa shape index (κ1) is 23.0. The second kappa shape index (κ2) is 11.0. The fourth-order valence-electron chi connectivity index (χ4n) is 2.33. The number of aromatic nitrogens is 1. The molecule has 9 heteroatoms. The molecule has 0 aliphatic carbocycles. The van der Waals surface area contributed by atoms with E-state index in [1.807, 2.05) is 12.1 Å². The number of hydrogen-bond acceptors (Lipinski definition) is 3. The Kier molecular flexibility index (Phi) is 9.33. The third kappa shape index (κ3) is 7.24. The summed E-state index contributed by atoms with van der Waals surface area (Å²) in [6.45, 7) is 1.02. The van der Waals surface area contributed by atoms with E-state index in [2.05, 4.69) is 20.6 Å². The molecule has 27 heavy (non-hydrogen) atoms. The van der Waals surface area contributed by atoms with Crippen LogP contribution in [0.4, 0.5) is 13.2 Å². The first-order chi connectivity index (χ1) is 12.4. The van der Waals surface area contributed by atoms with Crippen molar-refractivity contribution in [3.05, 3.63) is 59.3 Å². The quantitative estimate of drug-likeness (QED) is 0.366. The molecule has 0 radical (unpaired) electrons. The molecular formula is C18H22F3IN4O. The zero-order chi connectivity index (χ0) is 19.0. The zero-order valence-electron chi connectivity index (χ0n) is 15.0. The standard InChI is InChI=1S/C18H21F3N4O.HI/c1-22-17(25-12-14-4-3-10-23-16(14)26-2)24-11-9-13-5-7-15(8-6-13)18(19,20)21;/h3-8,10H,9,11-12H2,1-2H3,(H2,22,24,25);1H. The molecule has 0 aliphatic rings. The maximum Gasteiger partial charge on any atom is 0.416 e. The van der Waals surface area contributed by atoms with Gasteiger partial charge in [-0.2, -0.15) is 13.2 Å². The van der Waals surface area contributed by atoms with E-state index in [1.54, 1.807) is 20.4 Å². The van der Waals surface area contributed by atoms with E-state index in [9.17, 15) is 13.2 Å². The molecule has 0 atom stereocenters. The van der Waals surface area contributed by atoms with Gasteiger partial charge in [-0.05, 0) is 30.2 Å². The molecule has 0 aliphatic heterocycles. The summed E-state index contributed by atoms with van der Waals surface area (Å²) in [6, 6.07) is 8.88. The molecule has 0 bridgehead atoms. The predicted octanol–water partition coefficient (Wildman–Crippen LogP) is 3.63. The van der Waals surface area contributed by atoms with Crippen molar-refractivity contribution in [3.63, 3.8) is 0 Å². The van der Waals surface area contributed by atoms with E-state index < -0.39 is 11.7 Å². The van der Waals surface area contributed by atoms with Gasteiger partial charge in [-0.1, -0.05) is 18.2 Å². The number of rotatable bonds is 6. The molecule has 1 heterocycles. The number of guanidine groups is 1. The van der Waals surface area contributed by atoms with Crippen molar-refractivity contribution in [1.29, 1.82) is 0 Å². The number of nitrogens with one attached hydrogen (secondary N) is 2. The number of hydrogen-bond donors (Lipinski definition) is 2. The average molecular weight is 494 g/mol. The highest BCUT2D eigenvalue weighted by Crippen LogP contribution is 2.29. The summed E-state index contributed by atoms with van der Waals surface area (Å²) in [5, 5.41) is 6.27. The van der Waals surface area contributed by atoms with Crippen molar-refractivity contribution in [2.75, 3.05) is 20.7 Å². The van der Waals surface area contributed by atoms with Crippen LogP contribution in [0.1, 0.15) is 16.7 Å². The van der Waals surface area contributed by atoms with Crippen LogP contribution in [0.25, 0.3) is 0 Å². The minimum absolute atomic E-state index is 0. The summed E-state index contributed by atoms with van der Waals surface area (Å²) in [5.41, 5.74) is 1.06.